The van der Waals surface area contributed by atoms with Crippen LogP contribution in [0.1, 0.15) is 37.1 Å². The highest BCUT2D eigenvalue weighted by molar-refractivity contribution is 5.28. The van der Waals surface area contributed by atoms with Crippen LogP contribution in [-0.2, 0) is 20.0 Å². The molecule has 0 spiro atoms. The molecule has 1 aromatic carbocycles. The molecule has 34 heavy (non-hydrogen) atoms. The van der Waals surface area contributed by atoms with Gasteiger partial charge in [-0.3, -0.25) is 15.0 Å². The molecule has 1 aromatic heterocycles. The lowest BCUT2D eigenvalue weighted by molar-refractivity contribution is -0.404. The molecule has 3 rings (SSSR count). The number of hydrogen-bond donors (Lipinski definition) is 3. The summed E-state index contributed by atoms with van der Waals surface area (Å²) in [6.45, 7) is 5.19. The molecular weight excluding hydrogens is 436 g/mol. The number of likely N-dealkylation sites (tertiary alicyclic amines) is 1. The van der Waals surface area contributed by atoms with E-state index in [0.717, 1.165) is 30.7 Å². The summed E-state index contributed by atoms with van der Waals surface area (Å²) in [5.74, 6) is 2.74. The van der Waals surface area contributed by atoms with Crippen molar-refractivity contribution in [3.63, 3.8) is 0 Å². The maximum absolute atomic E-state index is 10.6. The Bertz CT molecular complexity index is 940. The molecule has 0 aliphatic carbocycles. The topological polar surface area (TPSA) is 122 Å². The molecule has 1 aliphatic rings. The minimum absolute atomic E-state index is 0.350. The van der Waals surface area contributed by atoms with Crippen LogP contribution in [-0.4, -0.2) is 64.4 Å². The van der Waals surface area contributed by atoms with Gasteiger partial charge in [-0.1, -0.05) is 18.6 Å². The van der Waals surface area contributed by atoms with Gasteiger partial charge in [0.2, 0.25) is 5.95 Å². The fourth-order valence-electron chi connectivity index (χ4n) is 3.92. The van der Waals surface area contributed by atoms with E-state index < -0.39 is 4.92 Å². The Kier molecular flexibility index (Phi) is 9.96. The van der Waals surface area contributed by atoms with Gasteiger partial charge in [-0.05, 0) is 50.0 Å². The Morgan fingerprint density at radius 3 is 2.82 bits per heavy atom. The van der Waals surface area contributed by atoms with E-state index >= 15 is 0 Å². The highest BCUT2D eigenvalue weighted by atomic mass is 16.6. The molecule has 0 unspecified atom stereocenters. The second kappa shape index (κ2) is 13.4. The lowest BCUT2D eigenvalue weighted by Gasteiger charge is -2.26. The molecule has 2 aromatic rings. The van der Waals surface area contributed by atoms with Gasteiger partial charge < -0.3 is 25.3 Å². The maximum atomic E-state index is 10.6. The number of piperidine rings is 1. The molecule has 0 bridgehead atoms. The van der Waals surface area contributed by atoms with Crippen molar-refractivity contribution >= 4 is 5.95 Å². The third kappa shape index (κ3) is 8.22. The van der Waals surface area contributed by atoms with Crippen LogP contribution in [0, 0.1) is 10.1 Å². The van der Waals surface area contributed by atoms with Crippen molar-refractivity contribution in [1.82, 2.24) is 30.3 Å². The van der Waals surface area contributed by atoms with Crippen LogP contribution in [0.2, 0.25) is 0 Å². The number of nitrogens with zero attached hydrogens (tertiary/aromatic N) is 5. The minimum Gasteiger partial charge on any atom is -0.494 e. The number of ether oxygens (including phenoxy) is 1. The molecule has 3 N–H and O–H groups in total. The van der Waals surface area contributed by atoms with Crippen LogP contribution in [0.3, 0.4) is 0 Å². The summed E-state index contributed by atoms with van der Waals surface area (Å²) in [5, 5.41) is 28.0. The van der Waals surface area contributed by atoms with E-state index in [9.17, 15) is 10.1 Å². The average molecular weight is 473 g/mol. The van der Waals surface area contributed by atoms with Crippen molar-refractivity contribution in [1.29, 1.82) is 0 Å². The molecular formula is C23H36N8O3. The van der Waals surface area contributed by atoms with Crippen LogP contribution in [0.25, 0.3) is 0 Å². The van der Waals surface area contributed by atoms with Crippen molar-refractivity contribution in [2.24, 2.45) is 7.05 Å². The van der Waals surface area contributed by atoms with Gasteiger partial charge in [-0.2, -0.15) is 0 Å². The molecule has 1 aliphatic heterocycles. The number of nitro groups is 1. The molecule has 2 heterocycles. The molecule has 11 nitrogen and oxygen atoms in total. The molecule has 11 heteroatoms. The number of aromatic nitrogens is 3. The minimum atomic E-state index is -0.501. The second-order valence-corrected chi connectivity index (χ2v) is 8.37. The SMILES string of the molecule is CNC(=C[N+](=O)[O-])NCCc1nnc(NCCCOc2cccc(CN3CCCCC3)c2)n1C. The van der Waals surface area contributed by atoms with Gasteiger partial charge in [0.25, 0.3) is 6.20 Å². The van der Waals surface area contributed by atoms with Crippen molar-refractivity contribution in [2.75, 3.05) is 45.2 Å². The quantitative estimate of drug-likeness (QED) is 0.215. The summed E-state index contributed by atoms with van der Waals surface area (Å²) < 4.78 is 7.85. The first-order valence-corrected chi connectivity index (χ1v) is 11.9. The predicted molar refractivity (Wildman–Crippen MR) is 131 cm³/mol. The number of rotatable bonds is 14. The van der Waals surface area contributed by atoms with Gasteiger partial charge in [-0.15, -0.1) is 10.2 Å². The number of anilines is 1. The summed E-state index contributed by atoms with van der Waals surface area (Å²) in [6.07, 6.45) is 6.26. The van der Waals surface area contributed by atoms with Crippen LogP contribution in [0.4, 0.5) is 5.95 Å². The fourth-order valence-corrected chi connectivity index (χ4v) is 3.92. The smallest absolute Gasteiger partial charge is 0.274 e. The number of benzene rings is 1. The normalized spacial score (nSPS) is 14.6. The maximum Gasteiger partial charge on any atom is 0.274 e. The van der Waals surface area contributed by atoms with E-state index in [0.29, 0.717) is 37.9 Å². The van der Waals surface area contributed by atoms with E-state index in [1.54, 1.807) is 7.05 Å². The molecule has 186 valence electrons. The second-order valence-electron chi connectivity index (χ2n) is 8.37. The summed E-state index contributed by atoms with van der Waals surface area (Å²) in [5.41, 5.74) is 1.30. The van der Waals surface area contributed by atoms with E-state index in [-0.39, 0.29) is 0 Å². The molecule has 0 amide bonds. The molecule has 1 fully saturated rings. The Labute approximate surface area is 200 Å². The molecule has 1 saturated heterocycles. The summed E-state index contributed by atoms with van der Waals surface area (Å²) in [7, 11) is 3.52. The van der Waals surface area contributed by atoms with Crippen molar-refractivity contribution < 1.29 is 9.66 Å². The van der Waals surface area contributed by atoms with Crippen LogP contribution >= 0.6 is 0 Å². The van der Waals surface area contributed by atoms with Gasteiger partial charge in [0.05, 0.1) is 11.5 Å². The monoisotopic (exact) mass is 472 g/mol. The zero-order chi connectivity index (χ0) is 24.2. The first kappa shape index (κ1) is 25.3. The third-order valence-corrected chi connectivity index (χ3v) is 5.76. The van der Waals surface area contributed by atoms with Gasteiger partial charge in [0.1, 0.15) is 11.6 Å². The molecule has 0 radical (unpaired) electrons. The summed E-state index contributed by atoms with van der Waals surface area (Å²) >= 11 is 0. The largest absolute Gasteiger partial charge is 0.494 e. The van der Waals surface area contributed by atoms with Gasteiger partial charge >= 0.3 is 0 Å². The molecule has 0 saturated carbocycles. The van der Waals surface area contributed by atoms with E-state index in [2.05, 4.69) is 49.2 Å². The Morgan fingerprint density at radius 2 is 2.06 bits per heavy atom. The zero-order valence-corrected chi connectivity index (χ0v) is 20.1. The fraction of sp³-hybridized carbons (Fsp3) is 0.565. The summed E-state index contributed by atoms with van der Waals surface area (Å²) in [6, 6.07) is 8.39. The van der Waals surface area contributed by atoms with Crippen molar-refractivity contribution in [2.45, 2.75) is 38.6 Å². The molecule has 0 atom stereocenters. The van der Waals surface area contributed by atoms with Crippen LogP contribution in [0.5, 0.6) is 5.75 Å². The van der Waals surface area contributed by atoms with Crippen molar-refractivity contribution in [3.8, 4) is 5.75 Å². The first-order chi connectivity index (χ1) is 16.5. The highest BCUT2D eigenvalue weighted by Gasteiger charge is 2.11. The van der Waals surface area contributed by atoms with Crippen molar-refractivity contribution in [3.05, 3.63) is 57.8 Å². The highest BCUT2D eigenvalue weighted by Crippen LogP contribution is 2.18. The third-order valence-electron chi connectivity index (χ3n) is 5.76. The van der Waals surface area contributed by atoms with Crippen LogP contribution in [0.15, 0.2) is 36.3 Å². The average Bonchev–Trinajstić information content (AvgIpc) is 3.18. The standard InChI is InChI=1S/C23H36N8O3/c1-24-21(18-31(32)33)25-12-10-22-27-28-23(29(22)2)26-11-7-15-34-20-9-6-8-19(16-20)17-30-13-4-3-5-14-30/h6,8-9,16,18,24-25H,3-5,7,10-15,17H2,1-2H3,(H,26,28). The summed E-state index contributed by atoms with van der Waals surface area (Å²) in [4.78, 5) is 12.6. The van der Waals surface area contributed by atoms with Crippen LogP contribution < -0.4 is 20.7 Å². The van der Waals surface area contributed by atoms with Gasteiger partial charge in [-0.25, -0.2) is 0 Å². The Hall–Kier alpha value is -3.34. The Morgan fingerprint density at radius 1 is 1.24 bits per heavy atom. The predicted octanol–water partition coefficient (Wildman–Crippen LogP) is 2.11. The lowest BCUT2D eigenvalue weighted by atomic mass is 10.1. The van der Waals surface area contributed by atoms with E-state index in [1.165, 1.54) is 37.9 Å². The first-order valence-electron chi connectivity index (χ1n) is 11.9. The number of hydrogen-bond acceptors (Lipinski definition) is 9. The van der Waals surface area contributed by atoms with Gasteiger partial charge in [0.15, 0.2) is 5.82 Å². The number of nitrogens with one attached hydrogen (secondary N) is 3. The zero-order valence-electron chi connectivity index (χ0n) is 20.1. The lowest BCUT2D eigenvalue weighted by Crippen LogP contribution is -2.29. The van der Waals surface area contributed by atoms with Gasteiger partial charge in [0, 0.05) is 40.2 Å². The Balaban J connectivity index is 1.35. The van der Waals surface area contributed by atoms with E-state index in [4.69, 9.17) is 4.74 Å². The van der Waals surface area contributed by atoms with E-state index in [1.807, 2.05) is 17.7 Å².